The van der Waals surface area contributed by atoms with Crippen LogP contribution in [0.5, 0.6) is 0 Å². The molecule has 4 N–H and O–H groups in total. The average molecular weight is 1450 g/mol. The number of ether oxygens (including phenoxy) is 6. The van der Waals surface area contributed by atoms with Crippen LogP contribution in [0.3, 0.4) is 0 Å². The van der Waals surface area contributed by atoms with Crippen molar-refractivity contribution >= 4 is 121 Å². The summed E-state index contributed by atoms with van der Waals surface area (Å²) in [5.74, 6) is 0.118. The Bertz CT molecular complexity index is 3210. The molecule has 5 aromatic rings. The van der Waals surface area contributed by atoms with Crippen LogP contribution in [0.15, 0.2) is 83.6 Å². The summed E-state index contributed by atoms with van der Waals surface area (Å²) in [5.41, 5.74) is 10.1. The number of carbonyl (C=O) groups is 4. The molecule has 3 amide bonds. The summed E-state index contributed by atoms with van der Waals surface area (Å²) in [5, 5.41) is 15.7. The number of piperazine rings is 4. The fourth-order valence-corrected chi connectivity index (χ4v) is 15.2. The zero-order valence-electron chi connectivity index (χ0n) is 55.1. The topological polar surface area (TPSA) is 219 Å². The predicted octanol–water partition coefficient (Wildman–Crippen LogP) is 10.7. The molecule has 0 spiro atoms. The highest BCUT2D eigenvalue weighted by molar-refractivity contribution is 7.80. The Labute approximate surface area is 592 Å². The molecule has 12 rings (SSSR count). The van der Waals surface area contributed by atoms with Gasteiger partial charge in [0.25, 0.3) is 0 Å². The molecule has 9 heterocycles. The van der Waals surface area contributed by atoms with Crippen LogP contribution in [0.1, 0.15) is 87.4 Å². The van der Waals surface area contributed by atoms with Crippen LogP contribution in [0, 0.1) is 0 Å². The number of nitrogens with zero attached hydrogens (tertiary/aromatic N) is 8. The SMILES string of the molecule is CC(C)(C)OC(=O)N1CCN(c2nc(C3(c4ccc(Cl)cc4)CCOCC3)cs2)CC1.COC(=O)N1CCN(C(N)=S)CC1.COC(=O)N1CCNCC1.Clc1ccc(C2(c3csc(N4CCNCC4)n3)CCOCC2)cc1.O=C(CCl)C1(c2ccc(Cl)cc2)CCOCC1. The van der Waals surface area contributed by atoms with Crippen LogP contribution in [-0.2, 0) is 49.5 Å². The highest BCUT2D eigenvalue weighted by Crippen LogP contribution is 2.45. The van der Waals surface area contributed by atoms with E-state index in [9.17, 15) is 19.2 Å². The number of amides is 3. The molecule has 0 radical (unpaired) electrons. The zero-order valence-corrected chi connectivity index (χ0v) is 60.5. The maximum atomic E-state index is 12.3. The van der Waals surface area contributed by atoms with Crippen molar-refractivity contribution in [2.75, 3.05) is 174 Å². The van der Waals surface area contributed by atoms with E-state index >= 15 is 0 Å². The van der Waals surface area contributed by atoms with Crippen molar-refractivity contribution in [3.05, 3.63) is 127 Å². The van der Waals surface area contributed by atoms with Gasteiger partial charge in [-0.15, -0.1) is 34.3 Å². The lowest BCUT2D eigenvalue weighted by atomic mass is 9.71. The molecular weight excluding hydrogens is 1360 g/mol. The number of ketones is 1. The van der Waals surface area contributed by atoms with Gasteiger partial charge in [0.05, 0.1) is 36.9 Å². The standard InChI is InChI=1S/C23H30ClN3O3S.C18H22ClN3OS.C13H14Cl2O2.C7H13N3O2S.C6H12N2O2/c1-22(2,3)30-21(28)27-12-10-26(11-13-27)20-25-19(16-31-20)23(8-14-29-15-9-23)17-4-6-18(24)7-5-17;19-15-3-1-14(2-4-15)18(5-11-23-12-6-18)16-13-24-17(21-16)22-9-7-20-8-10-22;14-9-12(16)13(5-7-17-8-6-13)10-1-3-11(15)4-2-10;1-12-7(11)10-4-2-9(3-5-10)6(8)13;1-10-6(9)8-4-2-7-3-5-8/h4-7,16H,8-15H2,1-3H3;1-4,13,20H,5-12H2;1-4H,5-9H2;2-5H2,1H3,(H2,8,13);7H,2-5H2,1H3. The molecule has 28 heteroatoms. The number of nitrogens with two attached hydrogens (primary N) is 1. The number of thiazole rings is 2. The van der Waals surface area contributed by atoms with E-state index in [0.29, 0.717) is 75.5 Å². The second-order valence-electron chi connectivity index (χ2n) is 24.9. The zero-order chi connectivity index (χ0) is 68.0. The molecule has 0 bridgehead atoms. The number of Topliss-reactive ketones (excluding diaryl/α,β-unsaturated/α-hetero) is 1. The molecule has 0 aliphatic carbocycles. The molecule has 2 aromatic heterocycles. The Kier molecular flexibility index (Phi) is 29.0. The highest BCUT2D eigenvalue weighted by Gasteiger charge is 2.42. The van der Waals surface area contributed by atoms with Gasteiger partial charge in [0.2, 0.25) is 0 Å². The Balaban J connectivity index is 0.000000161. The number of alkyl halides is 1. The lowest BCUT2D eigenvalue weighted by molar-refractivity contribution is -0.125. The first-order valence-electron chi connectivity index (χ1n) is 32.3. The van der Waals surface area contributed by atoms with Crippen LogP contribution >= 0.6 is 81.3 Å². The molecule has 7 aliphatic rings. The van der Waals surface area contributed by atoms with Crippen LogP contribution in [-0.4, -0.2) is 229 Å². The first-order valence-corrected chi connectivity index (χ1v) is 36.2. The maximum absolute atomic E-state index is 12.3. The first-order chi connectivity index (χ1) is 45.7. The second-order valence-corrected chi connectivity index (χ2v) is 28.5. The Morgan fingerprint density at radius 2 is 0.874 bits per heavy atom. The number of hydrogen-bond acceptors (Lipinski definition) is 19. The summed E-state index contributed by atoms with van der Waals surface area (Å²) < 4.78 is 31.3. The highest BCUT2D eigenvalue weighted by atomic mass is 35.5. The Morgan fingerprint density at radius 3 is 1.26 bits per heavy atom. The number of carbonyl (C=O) groups excluding carboxylic acids is 4. The lowest BCUT2D eigenvalue weighted by Gasteiger charge is -2.37. The van der Waals surface area contributed by atoms with Crippen molar-refractivity contribution in [3.63, 3.8) is 0 Å². The monoisotopic (exact) mass is 1450 g/mol. The number of aromatic nitrogens is 2. The van der Waals surface area contributed by atoms with Crippen molar-refractivity contribution < 1.29 is 47.6 Å². The average Bonchev–Trinajstić information content (AvgIpc) is 1.78. The van der Waals surface area contributed by atoms with Gasteiger partial charge in [-0.3, -0.25) is 4.79 Å². The molecule has 7 fully saturated rings. The van der Waals surface area contributed by atoms with Crippen LogP contribution < -0.4 is 26.2 Å². The quantitative estimate of drug-likeness (QED) is 0.0710. The van der Waals surface area contributed by atoms with Gasteiger partial charge >= 0.3 is 18.3 Å². The molecular formula is C67H91Cl4N11O10S3. The van der Waals surface area contributed by atoms with Gasteiger partial charge in [-0.1, -0.05) is 71.2 Å². The van der Waals surface area contributed by atoms with Gasteiger partial charge < -0.3 is 74.2 Å². The van der Waals surface area contributed by atoms with E-state index < -0.39 is 11.0 Å². The minimum Gasteiger partial charge on any atom is -0.453 e. The normalized spacial score (nSPS) is 19.3. The number of methoxy groups -OCH3 is 2. The van der Waals surface area contributed by atoms with Gasteiger partial charge in [0.1, 0.15) is 5.60 Å². The van der Waals surface area contributed by atoms with E-state index in [1.165, 1.54) is 31.0 Å². The predicted molar refractivity (Wildman–Crippen MR) is 382 cm³/mol. The molecule has 7 aliphatic heterocycles. The van der Waals surface area contributed by atoms with Gasteiger partial charge in [-0.2, -0.15) is 0 Å². The second kappa shape index (κ2) is 36.5. The maximum Gasteiger partial charge on any atom is 0.410 e. The van der Waals surface area contributed by atoms with Gasteiger partial charge in [0.15, 0.2) is 21.2 Å². The number of benzene rings is 3. The number of rotatable bonds is 9. The molecule has 21 nitrogen and oxygen atoms in total. The lowest BCUT2D eigenvalue weighted by Crippen LogP contribution is -2.51. The van der Waals surface area contributed by atoms with E-state index in [1.54, 1.807) is 37.4 Å². The minimum absolute atomic E-state index is 0.0443. The summed E-state index contributed by atoms with van der Waals surface area (Å²) in [4.78, 5) is 68.2. The molecule has 7 saturated heterocycles. The summed E-state index contributed by atoms with van der Waals surface area (Å²) >= 11 is 32.1. The summed E-state index contributed by atoms with van der Waals surface area (Å²) in [6.07, 6.45) is 4.40. The van der Waals surface area contributed by atoms with Crippen LogP contribution in [0.2, 0.25) is 15.1 Å². The number of halogens is 4. The number of nitrogens with one attached hydrogen (secondary N) is 2. The minimum atomic E-state index is -0.482. The fraction of sp³-hybridized carbons (Fsp3) is 0.567. The smallest absolute Gasteiger partial charge is 0.410 e. The third-order valence-electron chi connectivity index (χ3n) is 18.0. The largest absolute Gasteiger partial charge is 0.453 e. The van der Waals surface area contributed by atoms with Crippen molar-refractivity contribution in [2.45, 2.75) is 81.1 Å². The van der Waals surface area contributed by atoms with Crippen molar-refractivity contribution in [1.82, 2.24) is 40.2 Å². The molecule has 95 heavy (non-hydrogen) atoms. The fourth-order valence-electron chi connectivity index (χ4n) is 12.4. The Morgan fingerprint density at radius 1 is 0.526 bits per heavy atom. The molecule has 520 valence electrons. The summed E-state index contributed by atoms with van der Waals surface area (Å²) in [7, 11) is 2.78. The molecule has 0 saturated carbocycles. The summed E-state index contributed by atoms with van der Waals surface area (Å²) in [6, 6.07) is 23.9. The first kappa shape index (κ1) is 75.4. The van der Waals surface area contributed by atoms with Gasteiger partial charge in [-0.05, 0) is 125 Å². The molecule has 3 aromatic carbocycles. The van der Waals surface area contributed by atoms with Crippen LogP contribution in [0.4, 0.5) is 24.6 Å². The third kappa shape index (κ3) is 20.6. The van der Waals surface area contributed by atoms with Crippen LogP contribution in [0.25, 0.3) is 0 Å². The third-order valence-corrected chi connectivity index (χ3v) is 21.1. The van der Waals surface area contributed by atoms with Gasteiger partial charge in [-0.25, -0.2) is 24.4 Å². The van der Waals surface area contributed by atoms with Gasteiger partial charge in [0, 0.05) is 181 Å². The van der Waals surface area contributed by atoms with Crippen molar-refractivity contribution in [2.24, 2.45) is 5.73 Å². The van der Waals surface area contributed by atoms with E-state index in [1.807, 2.05) is 74.2 Å². The van der Waals surface area contributed by atoms with Crippen molar-refractivity contribution in [1.29, 1.82) is 0 Å². The Hall–Kier alpha value is -5.35. The molecule has 0 atom stereocenters. The molecule has 0 unspecified atom stereocenters. The van der Waals surface area contributed by atoms with E-state index in [4.69, 9.17) is 93.3 Å². The van der Waals surface area contributed by atoms with E-state index in [2.05, 4.69) is 64.9 Å². The number of anilines is 2. The van der Waals surface area contributed by atoms with E-state index in [-0.39, 0.29) is 40.8 Å². The summed E-state index contributed by atoms with van der Waals surface area (Å²) in [6.45, 7) is 22.7. The van der Waals surface area contributed by atoms with Crippen molar-refractivity contribution in [3.8, 4) is 0 Å². The number of hydrogen-bond donors (Lipinski definition) is 3. The number of thiocarbonyl (C=S) groups is 1. The van der Waals surface area contributed by atoms with E-state index in [0.717, 1.165) is 149 Å².